The van der Waals surface area contributed by atoms with Gasteiger partial charge < -0.3 is 19.9 Å². The van der Waals surface area contributed by atoms with E-state index in [1.807, 2.05) is 4.90 Å². The van der Waals surface area contributed by atoms with Gasteiger partial charge in [-0.15, -0.1) is 15.3 Å². The number of amides is 2. The summed E-state index contributed by atoms with van der Waals surface area (Å²) in [6.07, 6.45) is -3.66. The Hall–Kier alpha value is -2.96. The molecule has 1 atom stereocenters. The van der Waals surface area contributed by atoms with Crippen LogP contribution in [-0.2, 0) is 20.5 Å². The second-order valence-electron chi connectivity index (χ2n) is 7.91. The van der Waals surface area contributed by atoms with Crippen LogP contribution in [-0.4, -0.2) is 82.0 Å². The lowest BCUT2D eigenvalue weighted by molar-refractivity contribution is -0.146. The van der Waals surface area contributed by atoms with Gasteiger partial charge in [-0.2, -0.15) is 17.7 Å². The van der Waals surface area contributed by atoms with Crippen LogP contribution in [0.15, 0.2) is 12.1 Å². The van der Waals surface area contributed by atoms with E-state index in [0.29, 0.717) is 62.6 Å². The van der Waals surface area contributed by atoms with E-state index in [4.69, 9.17) is 4.74 Å². The van der Waals surface area contributed by atoms with Gasteiger partial charge in [-0.1, -0.05) is 0 Å². The molecule has 2 amide bonds. The van der Waals surface area contributed by atoms with Crippen LogP contribution in [0.4, 0.5) is 19.0 Å². The number of halogens is 3. The molecule has 10 nitrogen and oxygen atoms in total. The first-order valence-corrected chi connectivity index (χ1v) is 10.5. The molecule has 1 N–H and O–H groups in total. The largest absolute Gasteiger partial charge is 0.453 e. The van der Waals surface area contributed by atoms with Crippen molar-refractivity contribution < 1.29 is 27.5 Å². The zero-order valence-corrected chi connectivity index (χ0v) is 17.5. The van der Waals surface area contributed by atoms with E-state index >= 15 is 0 Å². The molecule has 2 aliphatic heterocycles. The molecular weight excluding hydrogens is 431 g/mol. The van der Waals surface area contributed by atoms with Gasteiger partial charge >= 0.3 is 6.18 Å². The van der Waals surface area contributed by atoms with E-state index in [2.05, 4.69) is 20.6 Å². The van der Waals surface area contributed by atoms with Crippen LogP contribution in [0.25, 0.3) is 5.65 Å². The summed E-state index contributed by atoms with van der Waals surface area (Å²) in [6, 6.07) is 2.40. The van der Waals surface area contributed by atoms with Crippen molar-refractivity contribution in [3.63, 3.8) is 0 Å². The zero-order valence-electron chi connectivity index (χ0n) is 17.5. The Morgan fingerprint density at radius 1 is 1.12 bits per heavy atom. The summed E-state index contributed by atoms with van der Waals surface area (Å²) >= 11 is 0. The fourth-order valence-electron chi connectivity index (χ4n) is 3.95. The second kappa shape index (κ2) is 8.88. The molecule has 13 heteroatoms. The van der Waals surface area contributed by atoms with E-state index < -0.39 is 18.0 Å². The number of morpholine rings is 1. The molecule has 4 rings (SSSR count). The summed E-state index contributed by atoms with van der Waals surface area (Å²) in [4.78, 5) is 28.6. The van der Waals surface area contributed by atoms with Gasteiger partial charge in [-0.3, -0.25) is 9.59 Å². The number of hydrogen-bond acceptors (Lipinski definition) is 7. The Morgan fingerprint density at radius 3 is 2.47 bits per heavy atom. The number of nitrogens with one attached hydrogen (secondary N) is 1. The third kappa shape index (κ3) is 4.61. The predicted octanol–water partition coefficient (Wildman–Crippen LogP) is 0.723. The number of carbonyl (C=O) groups is 2. The van der Waals surface area contributed by atoms with Crippen LogP contribution in [0, 0.1) is 5.92 Å². The monoisotopic (exact) mass is 455 g/mol. The minimum absolute atomic E-state index is 0.00858. The second-order valence-corrected chi connectivity index (χ2v) is 7.91. The summed E-state index contributed by atoms with van der Waals surface area (Å²) in [6.45, 7) is 4.57. The Bertz CT molecular complexity index is 982. The number of fused-ring (bicyclic) bond motifs is 1. The van der Waals surface area contributed by atoms with E-state index in [0.717, 1.165) is 0 Å². The average molecular weight is 455 g/mol. The summed E-state index contributed by atoms with van der Waals surface area (Å²) in [7, 11) is 0. The molecule has 0 aromatic carbocycles. The van der Waals surface area contributed by atoms with E-state index in [1.165, 1.54) is 6.07 Å². The molecule has 4 heterocycles. The lowest BCUT2D eigenvalue weighted by Crippen LogP contribution is -2.52. The summed E-state index contributed by atoms with van der Waals surface area (Å²) in [5.74, 6) is -1.43. The molecule has 0 unspecified atom stereocenters. The van der Waals surface area contributed by atoms with Crippen LogP contribution in [0.5, 0.6) is 0 Å². The molecule has 2 aliphatic rings. The Kier molecular flexibility index (Phi) is 6.17. The first-order valence-electron chi connectivity index (χ1n) is 10.5. The predicted molar refractivity (Wildman–Crippen MR) is 106 cm³/mol. The highest BCUT2D eigenvalue weighted by atomic mass is 19.4. The maximum atomic E-state index is 13.1. The Labute approximate surface area is 181 Å². The maximum Gasteiger partial charge on any atom is 0.453 e. The summed E-state index contributed by atoms with van der Waals surface area (Å²) < 4.78 is 45.2. The molecule has 0 bridgehead atoms. The molecule has 32 heavy (non-hydrogen) atoms. The third-order valence-electron chi connectivity index (χ3n) is 5.74. The first-order chi connectivity index (χ1) is 15.2. The van der Waals surface area contributed by atoms with Crippen molar-refractivity contribution in [3.8, 4) is 0 Å². The van der Waals surface area contributed by atoms with Crippen molar-refractivity contribution in [1.29, 1.82) is 0 Å². The average Bonchev–Trinajstić information content (AvgIpc) is 3.23. The fraction of sp³-hybridized carbons (Fsp3) is 0.632. The van der Waals surface area contributed by atoms with E-state index in [1.54, 1.807) is 17.9 Å². The number of nitrogens with zero attached hydrogens (tertiary/aromatic N) is 6. The number of aromatic nitrogens is 4. The molecule has 2 aromatic heterocycles. The standard InChI is InChI=1S/C19H24F3N7O3/c1-12(17(31)28-8-10-32-11-9-28)23-16(30)13-4-6-27(7-5-13)15-3-2-14-24-25-18(19(20,21)22)29(14)26-15/h2-3,12-13H,4-11H2,1H3,(H,23,30)/t12-/m1/s1. The maximum absolute atomic E-state index is 13.1. The molecule has 2 saturated heterocycles. The van der Waals surface area contributed by atoms with Crippen molar-refractivity contribution in [2.24, 2.45) is 5.92 Å². The van der Waals surface area contributed by atoms with Crippen LogP contribution in [0.2, 0.25) is 0 Å². The highest BCUT2D eigenvalue weighted by Crippen LogP contribution is 2.28. The van der Waals surface area contributed by atoms with E-state index in [-0.39, 0.29) is 23.4 Å². The van der Waals surface area contributed by atoms with Gasteiger partial charge in [-0.05, 0) is 31.9 Å². The van der Waals surface area contributed by atoms with Crippen molar-refractivity contribution in [1.82, 2.24) is 30.0 Å². The number of rotatable bonds is 4. The Morgan fingerprint density at radius 2 is 1.81 bits per heavy atom. The number of alkyl halides is 3. The lowest BCUT2D eigenvalue weighted by Gasteiger charge is -2.33. The molecule has 174 valence electrons. The SMILES string of the molecule is C[C@@H](NC(=O)C1CCN(c2ccc3nnc(C(F)(F)F)n3n2)CC1)C(=O)N1CCOCC1. The molecule has 2 aromatic rings. The molecule has 0 saturated carbocycles. The van der Waals surface area contributed by atoms with Gasteiger partial charge in [0.15, 0.2) is 5.65 Å². The van der Waals surface area contributed by atoms with Crippen LogP contribution in [0.3, 0.4) is 0 Å². The molecule has 0 spiro atoms. The van der Waals surface area contributed by atoms with Crippen LogP contribution >= 0.6 is 0 Å². The molecular formula is C19H24F3N7O3. The van der Waals surface area contributed by atoms with Gasteiger partial charge in [0.05, 0.1) is 13.2 Å². The number of carbonyl (C=O) groups excluding carboxylic acids is 2. The van der Waals surface area contributed by atoms with Gasteiger partial charge in [-0.25, -0.2) is 0 Å². The Balaban J connectivity index is 1.34. The van der Waals surface area contributed by atoms with Gasteiger partial charge in [0, 0.05) is 32.1 Å². The smallest absolute Gasteiger partial charge is 0.378 e. The fourth-order valence-corrected chi connectivity index (χ4v) is 3.95. The molecule has 2 fully saturated rings. The van der Waals surface area contributed by atoms with E-state index in [9.17, 15) is 22.8 Å². The van der Waals surface area contributed by atoms with Crippen molar-refractivity contribution >= 4 is 23.3 Å². The van der Waals surface area contributed by atoms with Crippen molar-refractivity contribution in [2.75, 3.05) is 44.3 Å². The van der Waals surface area contributed by atoms with Gasteiger partial charge in [0.1, 0.15) is 11.9 Å². The number of hydrogen-bond donors (Lipinski definition) is 1. The summed E-state index contributed by atoms with van der Waals surface area (Å²) in [5.41, 5.74) is 0.00858. The van der Waals surface area contributed by atoms with Gasteiger partial charge in [0.2, 0.25) is 11.8 Å². The van der Waals surface area contributed by atoms with Crippen molar-refractivity contribution in [2.45, 2.75) is 32.0 Å². The quantitative estimate of drug-likeness (QED) is 0.725. The minimum Gasteiger partial charge on any atom is -0.378 e. The lowest BCUT2D eigenvalue weighted by atomic mass is 9.95. The number of piperidine rings is 1. The topological polar surface area (TPSA) is 105 Å². The number of ether oxygens (including phenoxy) is 1. The van der Waals surface area contributed by atoms with Crippen LogP contribution < -0.4 is 10.2 Å². The van der Waals surface area contributed by atoms with Gasteiger partial charge in [0.25, 0.3) is 5.82 Å². The summed E-state index contributed by atoms with van der Waals surface area (Å²) in [5, 5.41) is 13.5. The highest BCUT2D eigenvalue weighted by Gasteiger charge is 2.38. The zero-order chi connectivity index (χ0) is 22.9. The third-order valence-corrected chi connectivity index (χ3v) is 5.74. The first kappa shape index (κ1) is 22.2. The number of anilines is 1. The van der Waals surface area contributed by atoms with Crippen LogP contribution in [0.1, 0.15) is 25.6 Å². The molecule has 0 aliphatic carbocycles. The highest BCUT2D eigenvalue weighted by molar-refractivity contribution is 5.88. The normalized spacial score (nSPS) is 19.2. The van der Waals surface area contributed by atoms with Crippen molar-refractivity contribution in [3.05, 3.63) is 18.0 Å². The molecule has 0 radical (unpaired) electrons. The minimum atomic E-state index is -4.66.